The van der Waals surface area contributed by atoms with E-state index in [1.165, 1.54) is 58.3 Å². The molecule has 0 bridgehead atoms. The molecule has 1 saturated heterocycles. The van der Waals surface area contributed by atoms with Gasteiger partial charge in [0, 0.05) is 6.04 Å². The van der Waals surface area contributed by atoms with Gasteiger partial charge >= 0.3 is 0 Å². The molecule has 84 valence electrons. The fourth-order valence-corrected chi connectivity index (χ4v) is 2.05. The number of rotatable bonds is 5. The van der Waals surface area contributed by atoms with E-state index in [0.717, 1.165) is 0 Å². The number of hydrogen-bond acceptors (Lipinski definition) is 2. The molecule has 0 spiro atoms. The molecule has 1 rings (SSSR count). The molecule has 14 heavy (non-hydrogen) atoms. The molecule has 0 atom stereocenters. The summed E-state index contributed by atoms with van der Waals surface area (Å²) < 4.78 is 0. The highest BCUT2D eigenvalue weighted by atomic mass is 15.1. The topological polar surface area (TPSA) is 15.3 Å². The van der Waals surface area contributed by atoms with E-state index >= 15 is 0 Å². The van der Waals surface area contributed by atoms with Gasteiger partial charge in [0.1, 0.15) is 0 Å². The molecule has 0 aromatic rings. The lowest BCUT2D eigenvalue weighted by atomic mass is 10.2. The maximum Gasteiger partial charge on any atom is 0.00103 e. The van der Waals surface area contributed by atoms with Crippen molar-refractivity contribution in [2.24, 2.45) is 0 Å². The molecule has 1 fully saturated rings. The van der Waals surface area contributed by atoms with Crippen LogP contribution in [-0.4, -0.2) is 37.1 Å². The highest BCUT2D eigenvalue weighted by molar-refractivity contribution is 4.64. The third-order valence-corrected chi connectivity index (χ3v) is 2.90. The van der Waals surface area contributed by atoms with Crippen molar-refractivity contribution in [3.8, 4) is 0 Å². The van der Waals surface area contributed by atoms with E-state index in [9.17, 15) is 0 Å². The van der Waals surface area contributed by atoms with E-state index in [-0.39, 0.29) is 0 Å². The van der Waals surface area contributed by atoms with E-state index in [2.05, 4.69) is 24.1 Å². The van der Waals surface area contributed by atoms with Crippen LogP contribution in [-0.2, 0) is 0 Å². The van der Waals surface area contributed by atoms with E-state index in [0.29, 0.717) is 6.04 Å². The third-order valence-electron chi connectivity index (χ3n) is 2.90. The van der Waals surface area contributed by atoms with Crippen LogP contribution in [0.15, 0.2) is 0 Å². The van der Waals surface area contributed by atoms with E-state index in [4.69, 9.17) is 0 Å². The van der Waals surface area contributed by atoms with Gasteiger partial charge in [0.05, 0.1) is 0 Å². The monoisotopic (exact) mass is 198 g/mol. The third kappa shape index (κ3) is 5.61. The molecule has 1 aliphatic heterocycles. The fourth-order valence-electron chi connectivity index (χ4n) is 2.05. The average molecular weight is 198 g/mol. The molecule has 0 saturated carbocycles. The minimum Gasteiger partial charge on any atom is -0.314 e. The molecule has 0 unspecified atom stereocenters. The molecule has 1 N–H and O–H groups in total. The van der Waals surface area contributed by atoms with Crippen LogP contribution in [0.25, 0.3) is 0 Å². The van der Waals surface area contributed by atoms with Crippen molar-refractivity contribution in [1.82, 2.24) is 10.2 Å². The Kier molecular flexibility index (Phi) is 6.20. The minimum atomic E-state index is 0.638. The largest absolute Gasteiger partial charge is 0.314 e. The smallest absolute Gasteiger partial charge is 0.00103 e. The Balaban J connectivity index is 1.99. The number of hydrogen-bond donors (Lipinski definition) is 1. The fraction of sp³-hybridized carbons (Fsp3) is 1.00. The van der Waals surface area contributed by atoms with Crippen molar-refractivity contribution >= 4 is 0 Å². The van der Waals surface area contributed by atoms with Crippen LogP contribution in [0.5, 0.6) is 0 Å². The Hall–Kier alpha value is -0.0800. The van der Waals surface area contributed by atoms with Crippen LogP contribution in [0.3, 0.4) is 0 Å². The summed E-state index contributed by atoms with van der Waals surface area (Å²) in [7, 11) is 0. The van der Waals surface area contributed by atoms with Gasteiger partial charge in [0.2, 0.25) is 0 Å². The summed E-state index contributed by atoms with van der Waals surface area (Å²) in [4.78, 5) is 2.63. The van der Waals surface area contributed by atoms with Crippen LogP contribution in [0, 0.1) is 0 Å². The normalized spacial score (nSPS) is 19.9. The lowest BCUT2D eigenvalue weighted by molar-refractivity contribution is 0.279. The van der Waals surface area contributed by atoms with Crippen molar-refractivity contribution in [3.05, 3.63) is 0 Å². The van der Waals surface area contributed by atoms with Gasteiger partial charge in [-0.15, -0.1) is 0 Å². The lowest BCUT2D eigenvalue weighted by Gasteiger charge is -2.19. The quantitative estimate of drug-likeness (QED) is 0.682. The molecule has 0 aliphatic carbocycles. The maximum absolute atomic E-state index is 3.47. The Morgan fingerprint density at radius 1 is 1.07 bits per heavy atom. The second-order valence-electron chi connectivity index (χ2n) is 4.72. The van der Waals surface area contributed by atoms with Crippen molar-refractivity contribution in [2.45, 2.75) is 52.0 Å². The molecule has 0 aromatic heterocycles. The predicted molar refractivity (Wildman–Crippen MR) is 62.7 cm³/mol. The first-order chi connectivity index (χ1) is 6.79. The Morgan fingerprint density at radius 3 is 2.29 bits per heavy atom. The van der Waals surface area contributed by atoms with Gasteiger partial charge in [-0.2, -0.15) is 0 Å². The second kappa shape index (κ2) is 7.24. The van der Waals surface area contributed by atoms with E-state index < -0.39 is 0 Å². The lowest BCUT2D eigenvalue weighted by Crippen LogP contribution is -2.30. The summed E-state index contributed by atoms with van der Waals surface area (Å²) in [6.45, 7) is 9.56. The molecule has 0 aromatic carbocycles. The molecular weight excluding hydrogens is 172 g/mol. The summed E-state index contributed by atoms with van der Waals surface area (Å²) >= 11 is 0. The van der Waals surface area contributed by atoms with Gasteiger partial charge in [-0.25, -0.2) is 0 Å². The standard InChI is InChI=1S/C12H26N2/c1-12(2)13-8-7-11-14-9-5-3-4-6-10-14/h12-13H,3-11H2,1-2H3. The van der Waals surface area contributed by atoms with Gasteiger partial charge in [-0.05, 0) is 45.4 Å². The first-order valence-electron chi connectivity index (χ1n) is 6.25. The number of nitrogens with one attached hydrogen (secondary N) is 1. The van der Waals surface area contributed by atoms with E-state index in [1.807, 2.05) is 0 Å². The summed E-state index contributed by atoms with van der Waals surface area (Å²) in [5.74, 6) is 0. The zero-order valence-electron chi connectivity index (χ0n) is 9.89. The van der Waals surface area contributed by atoms with Gasteiger partial charge in [0.15, 0.2) is 0 Å². The molecule has 1 heterocycles. The van der Waals surface area contributed by atoms with Gasteiger partial charge in [-0.3, -0.25) is 0 Å². The van der Waals surface area contributed by atoms with Crippen LogP contribution in [0.1, 0.15) is 46.0 Å². The van der Waals surface area contributed by atoms with Crippen LogP contribution < -0.4 is 5.32 Å². The Labute approximate surface area is 89.1 Å². The summed E-state index contributed by atoms with van der Waals surface area (Å²) in [5.41, 5.74) is 0. The highest BCUT2D eigenvalue weighted by Crippen LogP contribution is 2.09. The zero-order chi connectivity index (χ0) is 10.2. The molecular formula is C12H26N2. The molecule has 0 amide bonds. The molecule has 2 heteroatoms. The minimum absolute atomic E-state index is 0.638. The summed E-state index contributed by atoms with van der Waals surface area (Å²) in [6, 6.07) is 0.638. The first kappa shape index (κ1) is 12.0. The van der Waals surface area contributed by atoms with Crippen molar-refractivity contribution < 1.29 is 0 Å². The first-order valence-corrected chi connectivity index (χ1v) is 6.25. The van der Waals surface area contributed by atoms with Crippen LogP contribution in [0.4, 0.5) is 0 Å². The van der Waals surface area contributed by atoms with Crippen molar-refractivity contribution in [1.29, 1.82) is 0 Å². The second-order valence-corrected chi connectivity index (χ2v) is 4.72. The summed E-state index contributed by atoms with van der Waals surface area (Å²) in [6.07, 6.45) is 7.02. The van der Waals surface area contributed by atoms with Crippen molar-refractivity contribution in [2.75, 3.05) is 26.2 Å². The molecule has 1 aliphatic rings. The van der Waals surface area contributed by atoms with Crippen molar-refractivity contribution in [3.63, 3.8) is 0 Å². The summed E-state index contributed by atoms with van der Waals surface area (Å²) in [5, 5.41) is 3.47. The van der Waals surface area contributed by atoms with Gasteiger partial charge in [-0.1, -0.05) is 26.7 Å². The zero-order valence-corrected chi connectivity index (χ0v) is 9.89. The highest BCUT2D eigenvalue weighted by Gasteiger charge is 2.07. The van der Waals surface area contributed by atoms with Crippen LogP contribution in [0.2, 0.25) is 0 Å². The molecule has 0 radical (unpaired) electrons. The van der Waals surface area contributed by atoms with E-state index in [1.54, 1.807) is 0 Å². The van der Waals surface area contributed by atoms with Gasteiger partial charge < -0.3 is 10.2 Å². The number of nitrogens with zero attached hydrogens (tertiary/aromatic N) is 1. The average Bonchev–Trinajstić information content (AvgIpc) is 2.40. The predicted octanol–water partition coefficient (Wildman–Crippen LogP) is 2.25. The number of likely N-dealkylation sites (tertiary alicyclic amines) is 1. The SMILES string of the molecule is CC(C)NCCCN1CCCCCC1. The van der Waals surface area contributed by atoms with Crippen LogP contribution >= 0.6 is 0 Å². The Bertz CT molecular complexity index is 126. The maximum atomic E-state index is 3.47. The van der Waals surface area contributed by atoms with Gasteiger partial charge in [0.25, 0.3) is 0 Å². The Morgan fingerprint density at radius 2 is 1.71 bits per heavy atom. The molecule has 2 nitrogen and oxygen atoms in total.